The third kappa shape index (κ3) is 1.81. The molecule has 0 aromatic carbocycles. The van der Waals surface area contributed by atoms with E-state index in [4.69, 9.17) is 17.1 Å². The van der Waals surface area contributed by atoms with Gasteiger partial charge in [-0.05, 0) is 24.4 Å². The van der Waals surface area contributed by atoms with Gasteiger partial charge in [-0.3, -0.25) is 0 Å². The molecule has 0 bridgehead atoms. The Morgan fingerprint density at radius 3 is 2.83 bits per heavy atom. The first kappa shape index (κ1) is 10.4. The van der Waals surface area contributed by atoms with Crippen LogP contribution >= 0.6 is 12.0 Å². The van der Waals surface area contributed by atoms with Gasteiger partial charge in [0.05, 0.1) is 11.9 Å². The normalized spacial score (nSPS) is 41.9. The Labute approximate surface area is 79.7 Å². The van der Waals surface area contributed by atoms with Crippen LogP contribution in [0.5, 0.6) is 0 Å². The Morgan fingerprint density at radius 1 is 1.75 bits per heavy atom. The molecule has 0 aliphatic carbocycles. The Balaban J connectivity index is 2.57. The zero-order valence-corrected chi connectivity index (χ0v) is 8.43. The highest BCUT2D eigenvalue weighted by Gasteiger charge is 2.42. The van der Waals surface area contributed by atoms with Crippen molar-refractivity contribution >= 4 is 19.9 Å². The van der Waals surface area contributed by atoms with Crippen molar-refractivity contribution in [1.29, 1.82) is 0 Å². The highest BCUT2D eigenvalue weighted by Crippen LogP contribution is 2.37. The predicted octanol–water partition coefficient (Wildman–Crippen LogP) is 1.89. The molecule has 1 rings (SSSR count). The van der Waals surface area contributed by atoms with Gasteiger partial charge in [0, 0.05) is 5.50 Å². The average molecular weight is 186 g/mol. The second-order valence-electron chi connectivity index (χ2n) is 3.45. The molecule has 1 saturated heterocycles. The van der Waals surface area contributed by atoms with Gasteiger partial charge in [0.25, 0.3) is 0 Å². The molecule has 12 heavy (non-hydrogen) atoms. The van der Waals surface area contributed by atoms with E-state index in [-0.39, 0.29) is 11.2 Å². The summed E-state index contributed by atoms with van der Waals surface area (Å²) < 4.78 is 14.4. The number of hydrogen-bond donors (Lipinski definition) is 1. The van der Waals surface area contributed by atoms with Gasteiger partial charge >= 0.3 is 0 Å². The standard InChI is InChI=1S/C8H15BO2S/c1-3-4-8(9)6(2)7(12-10)5-11-8/h6-7,10H,3-5H2,1-2H3/t6-,7?,8-/m1/s1. The summed E-state index contributed by atoms with van der Waals surface area (Å²) in [6.45, 7) is 4.69. The predicted molar refractivity (Wildman–Crippen MR) is 52.5 cm³/mol. The Hall–Kier alpha value is 0.335. The van der Waals surface area contributed by atoms with Crippen LogP contribution in [-0.4, -0.2) is 29.8 Å². The fourth-order valence-corrected chi connectivity index (χ4v) is 2.18. The van der Waals surface area contributed by atoms with Crippen LogP contribution in [-0.2, 0) is 4.74 Å². The quantitative estimate of drug-likeness (QED) is 0.539. The van der Waals surface area contributed by atoms with Crippen molar-refractivity contribution in [2.24, 2.45) is 5.92 Å². The van der Waals surface area contributed by atoms with Crippen LogP contribution in [0.3, 0.4) is 0 Å². The van der Waals surface area contributed by atoms with Crippen molar-refractivity contribution in [3.8, 4) is 0 Å². The lowest BCUT2D eigenvalue weighted by Crippen LogP contribution is -2.36. The highest BCUT2D eigenvalue weighted by molar-refractivity contribution is 7.94. The number of ether oxygens (including phenoxy) is 1. The maximum absolute atomic E-state index is 8.92. The van der Waals surface area contributed by atoms with Crippen LogP contribution in [0.25, 0.3) is 0 Å². The fourth-order valence-electron chi connectivity index (χ4n) is 1.64. The molecule has 2 nitrogen and oxygen atoms in total. The van der Waals surface area contributed by atoms with Crippen LogP contribution in [0.4, 0.5) is 0 Å². The maximum atomic E-state index is 8.92. The molecule has 4 heteroatoms. The van der Waals surface area contributed by atoms with E-state index in [1.54, 1.807) is 0 Å². The Morgan fingerprint density at radius 2 is 2.42 bits per heavy atom. The van der Waals surface area contributed by atoms with Crippen LogP contribution in [0.2, 0.25) is 0 Å². The number of rotatable bonds is 3. The summed E-state index contributed by atoms with van der Waals surface area (Å²) in [7, 11) is 6.03. The van der Waals surface area contributed by atoms with E-state index in [0.29, 0.717) is 6.61 Å². The monoisotopic (exact) mass is 186 g/mol. The van der Waals surface area contributed by atoms with E-state index in [1.807, 2.05) is 6.92 Å². The van der Waals surface area contributed by atoms with Crippen molar-refractivity contribution in [3.05, 3.63) is 0 Å². The van der Waals surface area contributed by atoms with Crippen molar-refractivity contribution in [1.82, 2.24) is 0 Å². The van der Waals surface area contributed by atoms with Crippen LogP contribution < -0.4 is 0 Å². The van der Waals surface area contributed by atoms with Gasteiger partial charge in [-0.1, -0.05) is 20.3 Å². The molecule has 68 valence electrons. The molecule has 1 unspecified atom stereocenters. The van der Waals surface area contributed by atoms with Crippen LogP contribution in [0, 0.1) is 5.92 Å². The molecule has 0 aromatic heterocycles. The topological polar surface area (TPSA) is 29.5 Å². The van der Waals surface area contributed by atoms with Gasteiger partial charge in [0.2, 0.25) is 0 Å². The summed E-state index contributed by atoms with van der Waals surface area (Å²) in [5, 5.41) is 0.140. The Bertz CT molecular complexity index is 156. The molecule has 0 saturated carbocycles. The Kier molecular flexibility index (Phi) is 3.50. The van der Waals surface area contributed by atoms with E-state index in [0.717, 1.165) is 24.9 Å². The molecule has 0 amide bonds. The van der Waals surface area contributed by atoms with Gasteiger partial charge in [0.15, 0.2) is 0 Å². The molecule has 2 radical (unpaired) electrons. The summed E-state index contributed by atoms with van der Waals surface area (Å²) >= 11 is 0.864. The van der Waals surface area contributed by atoms with Gasteiger partial charge in [0.1, 0.15) is 7.85 Å². The van der Waals surface area contributed by atoms with E-state index in [1.165, 1.54) is 0 Å². The minimum absolute atomic E-state index is 0.140. The summed E-state index contributed by atoms with van der Waals surface area (Å²) in [5.74, 6) is 0.229. The van der Waals surface area contributed by atoms with E-state index < -0.39 is 5.50 Å². The second-order valence-corrected chi connectivity index (χ2v) is 4.26. The van der Waals surface area contributed by atoms with Crippen molar-refractivity contribution < 1.29 is 9.29 Å². The third-order valence-corrected chi connectivity index (χ3v) is 3.44. The summed E-state index contributed by atoms with van der Waals surface area (Å²) in [5.41, 5.74) is -0.505. The van der Waals surface area contributed by atoms with E-state index in [2.05, 4.69) is 6.92 Å². The molecule has 1 fully saturated rings. The highest BCUT2D eigenvalue weighted by atomic mass is 32.2. The SMILES string of the molecule is [B][C@]1(CCC)OCC(SO)[C@H]1C. The van der Waals surface area contributed by atoms with Crippen molar-refractivity contribution in [2.75, 3.05) is 6.61 Å². The zero-order valence-electron chi connectivity index (χ0n) is 7.62. The summed E-state index contributed by atoms with van der Waals surface area (Å²) in [4.78, 5) is 0. The lowest BCUT2D eigenvalue weighted by Gasteiger charge is -2.29. The van der Waals surface area contributed by atoms with Gasteiger partial charge in [-0.15, -0.1) is 0 Å². The second kappa shape index (κ2) is 4.03. The van der Waals surface area contributed by atoms with Crippen LogP contribution in [0.1, 0.15) is 26.7 Å². The largest absolute Gasteiger partial charge is 0.383 e. The summed E-state index contributed by atoms with van der Waals surface area (Å²) in [6.07, 6.45) is 1.88. The van der Waals surface area contributed by atoms with E-state index in [9.17, 15) is 0 Å². The average Bonchev–Trinajstić information content (AvgIpc) is 2.30. The van der Waals surface area contributed by atoms with Gasteiger partial charge in [-0.25, -0.2) is 0 Å². The number of hydrogen-bond acceptors (Lipinski definition) is 3. The minimum Gasteiger partial charge on any atom is -0.383 e. The smallest absolute Gasteiger partial charge is 0.114 e. The van der Waals surface area contributed by atoms with Gasteiger partial charge < -0.3 is 9.29 Å². The van der Waals surface area contributed by atoms with Crippen LogP contribution in [0.15, 0.2) is 0 Å². The third-order valence-electron chi connectivity index (χ3n) is 2.62. The molecule has 3 atom stereocenters. The first-order valence-electron chi connectivity index (χ1n) is 4.37. The van der Waals surface area contributed by atoms with Gasteiger partial charge in [-0.2, -0.15) is 0 Å². The molecular weight excluding hydrogens is 171 g/mol. The molecule has 1 heterocycles. The summed E-state index contributed by atoms with van der Waals surface area (Å²) in [6, 6.07) is 0. The molecule has 0 aromatic rings. The molecule has 1 aliphatic rings. The molecule has 1 N–H and O–H groups in total. The van der Waals surface area contributed by atoms with Crippen molar-refractivity contribution in [3.63, 3.8) is 0 Å². The zero-order chi connectivity index (χ0) is 9.19. The first-order valence-corrected chi connectivity index (χ1v) is 5.20. The fraction of sp³-hybridized carbons (Fsp3) is 1.00. The lowest BCUT2D eigenvalue weighted by atomic mass is 9.69. The molecule has 1 aliphatic heterocycles. The van der Waals surface area contributed by atoms with E-state index >= 15 is 0 Å². The maximum Gasteiger partial charge on any atom is 0.114 e. The van der Waals surface area contributed by atoms with Crippen molar-refractivity contribution in [2.45, 2.75) is 37.4 Å². The lowest BCUT2D eigenvalue weighted by molar-refractivity contribution is 0.0474. The first-order chi connectivity index (χ1) is 5.64. The molecule has 0 spiro atoms. The minimum atomic E-state index is -0.505. The molecular formula is C8H15BO2S.